The summed E-state index contributed by atoms with van der Waals surface area (Å²) in [5.74, 6) is 0.662. The first-order valence-corrected chi connectivity index (χ1v) is 6.69. The highest BCUT2D eigenvalue weighted by atomic mass is 19.1. The van der Waals surface area contributed by atoms with Crippen LogP contribution in [0.5, 0.6) is 0 Å². The number of rotatable bonds is 4. The SMILES string of the molecule is CC(N[C@H](C)C1CCCC1)c1ccccc1F. The van der Waals surface area contributed by atoms with Crippen molar-refractivity contribution in [2.24, 2.45) is 5.92 Å². The monoisotopic (exact) mass is 235 g/mol. The van der Waals surface area contributed by atoms with E-state index in [1.165, 1.54) is 31.7 Å². The first kappa shape index (κ1) is 12.6. The van der Waals surface area contributed by atoms with Crippen molar-refractivity contribution in [3.63, 3.8) is 0 Å². The van der Waals surface area contributed by atoms with Crippen molar-refractivity contribution in [2.45, 2.75) is 51.6 Å². The number of hydrogen-bond acceptors (Lipinski definition) is 1. The molecule has 0 aliphatic heterocycles. The van der Waals surface area contributed by atoms with E-state index in [0.29, 0.717) is 6.04 Å². The Morgan fingerprint density at radius 2 is 1.82 bits per heavy atom. The highest BCUT2D eigenvalue weighted by molar-refractivity contribution is 5.20. The molecule has 1 N–H and O–H groups in total. The van der Waals surface area contributed by atoms with Gasteiger partial charge in [-0.1, -0.05) is 31.0 Å². The summed E-state index contributed by atoms with van der Waals surface area (Å²) in [5.41, 5.74) is 0.775. The average molecular weight is 235 g/mol. The Hall–Kier alpha value is -0.890. The molecule has 2 atom stereocenters. The second-order valence-corrected chi connectivity index (χ2v) is 5.24. The van der Waals surface area contributed by atoms with E-state index in [4.69, 9.17) is 0 Å². The van der Waals surface area contributed by atoms with E-state index in [0.717, 1.165) is 11.5 Å². The van der Waals surface area contributed by atoms with Crippen molar-refractivity contribution >= 4 is 0 Å². The summed E-state index contributed by atoms with van der Waals surface area (Å²) in [5, 5.41) is 3.54. The van der Waals surface area contributed by atoms with Crippen LogP contribution in [0.2, 0.25) is 0 Å². The lowest BCUT2D eigenvalue weighted by Crippen LogP contribution is -2.34. The van der Waals surface area contributed by atoms with Gasteiger partial charge in [-0.05, 0) is 38.7 Å². The van der Waals surface area contributed by atoms with Crippen molar-refractivity contribution in [1.82, 2.24) is 5.32 Å². The van der Waals surface area contributed by atoms with Gasteiger partial charge in [0.2, 0.25) is 0 Å². The molecule has 2 heteroatoms. The van der Waals surface area contributed by atoms with E-state index in [-0.39, 0.29) is 11.9 Å². The normalized spacial score (nSPS) is 20.4. The predicted molar refractivity (Wildman–Crippen MR) is 69.4 cm³/mol. The van der Waals surface area contributed by atoms with Gasteiger partial charge in [0.15, 0.2) is 0 Å². The first-order valence-electron chi connectivity index (χ1n) is 6.69. The Balaban J connectivity index is 1.96. The Morgan fingerprint density at radius 3 is 2.47 bits per heavy atom. The van der Waals surface area contributed by atoms with Gasteiger partial charge < -0.3 is 5.32 Å². The summed E-state index contributed by atoms with van der Waals surface area (Å²) >= 11 is 0. The number of benzene rings is 1. The third kappa shape index (κ3) is 3.06. The van der Waals surface area contributed by atoms with E-state index < -0.39 is 0 Å². The maximum absolute atomic E-state index is 13.6. The quantitative estimate of drug-likeness (QED) is 0.830. The average Bonchev–Trinajstić information content (AvgIpc) is 2.82. The molecule has 1 nitrogen and oxygen atoms in total. The largest absolute Gasteiger partial charge is 0.307 e. The van der Waals surface area contributed by atoms with Crippen LogP contribution in [-0.2, 0) is 0 Å². The molecular formula is C15H22FN. The number of nitrogens with one attached hydrogen (secondary N) is 1. The lowest BCUT2D eigenvalue weighted by molar-refractivity contribution is 0.348. The minimum atomic E-state index is -0.105. The zero-order chi connectivity index (χ0) is 12.3. The first-order chi connectivity index (χ1) is 8.18. The van der Waals surface area contributed by atoms with Crippen LogP contribution in [0.4, 0.5) is 4.39 Å². The van der Waals surface area contributed by atoms with E-state index in [2.05, 4.69) is 12.2 Å². The molecule has 0 heterocycles. The van der Waals surface area contributed by atoms with Crippen LogP contribution in [0.15, 0.2) is 24.3 Å². The van der Waals surface area contributed by atoms with E-state index in [9.17, 15) is 4.39 Å². The summed E-state index contributed by atoms with van der Waals surface area (Å²) in [6.45, 7) is 4.27. The van der Waals surface area contributed by atoms with Gasteiger partial charge in [-0.25, -0.2) is 4.39 Å². The molecule has 0 bridgehead atoms. The lowest BCUT2D eigenvalue weighted by atomic mass is 9.97. The standard InChI is InChI=1S/C15H22FN/c1-11(13-7-3-4-8-13)17-12(2)14-9-5-6-10-15(14)16/h5-6,9-13,17H,3-4,7-8H2,1-2H3/t11-,12?/m1/s1. The highest BCUT2D eigenvalue weighted by Crippen LogP contribution is 2.29. The number of hydrogen-bond donors (Lipinski definition) is 1. The van der Waals surface area contributed by atoms with Crippen LogP contribution in [0.25, 0.3) is 0 Å². The minimum absolute atomic E-state index is 0.0896. The molecule has 1 aliphatic carbocycles. The van der Waals surface area contributed by atoms with Gasteiger partial charge in [-0.15, -0.1) is 0 Å². The molecule has 1 unspecified atom stereocenters. The van der Waals surface area contributed by atoms with Gasteiger partial charge in [-0.2, -0.15) is 0 Å². The Morgan fingerprint density at radius 1 is 1.18 bits per heavy atom. The van der Waals surface area contributed by atoms with Crippen molar-refractivity contribution in [1.29, 1.82) is 0 Å². The third-order valence-electron chi connectivity index (χ3n) is 3.99. The second-order valence-electron chi connectivity index (χ2n) is 5.24. The molecule has 1 aromatic carbocycles. The molecule has 2 rings (SSSR count). The van der Waals surface area contributed by atoms with Crippen LogP contribution in [0.3, 0.4) is 0 Å². The van der Waals surface area contributed by atoms with Crippen LogP contribution >= 0.6 is 0 Å². The van der Waals surface area contributed by atoms with E-state index in [1.807, 2.05) is 19.1 Å². The maximum Gasteiger partial charge on any atom is 0.127 e. The molecule has 1 fully saturated rings. The summed E-state index contributed by atoms with van der Waals surface area (Å²) < 4.78 is 13.6. The van der Waals surface area contributed by atoms with Crippen LogP contribution < -0.4 is 5.32 Å². The molecule has 0 spiro atoms. The maximum atomic E-state index is 13.6. The van der Waals surface area contributed by atoms with Crippen molar-refractivity contribution in [3.8, 4) is 0 Å². The van der Waals surface area contributed by atoms with Gasteiger partial charge in [0.25, 0.3) is 0 Å². The summed E-state index contributed by atoms with van der Waals surface area (Å²) in [6, 6.07) is 7.61. The zero-order valence-corrected chi connectivity index (χ0v) is 10.7. The molecule has 1 aliphatic rings. The van der Waals surface area contributed by atoms with Gasteiger partial charge in [0.1, 0.15) is 5.82 Å². The zero-order valence-electron chi connectivity index (χ0n) is 10.7. The molecule has 0 amide bonds. The van der Waals surface area contributed by atoms with Crippen molar-refractivity contribution in [3.05, 3.63) is 35.6 Å². The summed E-state index contributed by atoms with van der Waals surface area (Å²) in [4.78, 5) is 0. The Bertz CT molecular complexity index is 358. The molecule has 0 radical (unpaired) electrons. The van der Waals surface area contributed by atoms with Gasteiger partial charge >= 0.3 is 0 Å². The second kappa shape index (κ2) is 5.63. The number of halogens is 1. The van der Waals surface area contributed by atoms with E-state index >= 15 is 0 Å². The van der Waals surface area contributed by atoms with E-state index in [1.54, 1.807) is 6.07 Å². The molecule has 94 valence electrons. The van der Waals surface area contributed by atoms with Crippen LogP contribution in [-0.4, -0.2) is 6.04 Å². The van der Waals surface area contributed by atoms with Crippen molar-refractivity contribution in [2.75, 3.05) is 0 Å². The summed E-state index contributed by atoms with van der Waals surface area (Å²) in [7, 11) is 0. The molecule has 17 heavy (non-hydrogen) atoms. The van der Waals surface area contributed by atoms with Gasteiger partial charge in [0.05, 0.1) is 0 Å². The van der Waals surface area contributed by atoms with Gasteiger partial charge in [-0.3, -0.25) is 0 Å². The smallest absolute Gasteiger partial charge is 0.127 e. The lowest BCUT2D eigenvalue weighted by Gasteiger charge is -2.25. The molecule has 1 saturated carbocycles. The van der Waals surface area contributed by atoms with Crippen LogP contribution in [0.1, 0.15) is 51.1 Å². The Labute approximate surface area is 103 Å². The minimum Gasteiger partial charge on any atom is -0.307 e. The summed E-state index contributed by atoms with van der Waals surface area (Å²) in [6.07, 6.45) is 5.34. The fraction of sp³-hybridized carbons (Fsp3) is 0.600. The highest BCUT2D eigenvalue weighted by Gasteiger charge is 2.23. The predicted octanol–water partition coefficient (Wildman–Crippen LogP) is 4.06. The van der Waals surface area contributed by atoms with Crippen LogP contribution in [0, 0.1) is 11.7 Å². The fourth-order valence-corrected chi connectivity index (χ4v) is 2.90. The molecule has 0 saturated heterocycles. The molecular weight excluding hydrogens is 213 g/mol. The fourth-order valence-electron chi connectivity index (χ4n) is 2.90. The van der Waals surface area contributed by atoms with Crippen molar-refractivity contribution < 1.29 is 4.39 Å². The Kier molecular flexibility index (Phi) is 4.16. The van der Waals surface area contributed by atoms with Gasteiger partial charge in [0, 0.05) is 17.6 Å². The third-order valence-corrected chi connectivity index (χ3v) is 3.99. The molecule has 0 aromatic heterocycles. The topological polar surface area (TPSA) is 12.0 Å². The molecule has 1 aromatic rings.